The molecule has 1 heterocycles. The number of nitrogens with one attached hydrogen (secondary N) is 1. The third-order valence-corrected chi connectivity index (χ3v) is 3.77. The van der Waals surface area contributed by atoms with E-state index in [1.54, 1.807) is 6.33 Å². The molecule has 0 radical (unpaired) electrons. The van der Waals surface area contributed by atoms with Crippen molar-refractivity contribution in [1.29, 1.82) is 0 Å². The van der Waals surface area contributed by atoms with Crippen LogP contribution in [0.4, 0.5) is 11.6 Å². The summed E-state index contributed by atoms with van der Waals surface area (Å²) < 4.78 is 0. The molecule has 1 aromatic heterocycles. The van der Waals surface area contributed by atoms with E-state index in [0.29, 0.717) is 5.92 Å². The molecule has 1 aromatic rings. The van der Waals surface area contributed by atoms with Gasteiger partial charge < -0.3 is 10.2 Å². The molecule has 0 bridgehead atoms. The number of aromatic nitrogens is 2. The second kappa shape index (κ2) is 5.55. The minimum atomic E-state index is 0.0863. The standard InChI is InChI=1S/C14H26N4/c1-8-14(4,5)18(7)13-11(10(2)3)12(15-6)16-9-17-13/h9-10H,8H2,1-7H3,(H,15,16,17). The summed E-state index contributed by atoms with van der Waals surface area (Å²) in [6, 6.07) is 0. The van der Waals surface area contributed by atoms with Crippen LogP contribution in [0, 0.1) is 0 Å². The van der Waals surface area contributed by atoms with Crippen molar-refractivity contribution in [3.63, 3.8) is 0 Å². The summed E-state index contributed by atoms with van der Waals surface area (Å²) in [5, 5.41) is 3.16. The minimum Gasteiger partial charge on any atom is -0.373 e. The molecule has 0 spiro atoms. The number of nitrogens with zero attached hydrogens (tertiary/aromatic N) is 3. The number of rotatable bonds is 5. The van der Waals surface area contributed by atoms with Gasteiger partial charge in [0, 0.05) is 25.2 Å². The van der Waals surface area contributed by atoms with Crippen molar-refractivity contribution in [2.24, 2.45) is 0 Å². The van der Waals surface area contributed by atoms with Gasteiger partial charge in [0.05, 0.1) is 0 Å². The third-order valence-electron chi connectivity index (χ3n) is 3.77. The smallest absolute Gasteiger partial charge is 0.137 e. The highest BCUT2D eigenvalue weighted by Gasteiger charge is 2.26. The van der Waals surface area contributed by atoms with E-state index in [1.165, 1.54) is 5.56 Å². The van der Waals surface area contributed by atoms with Crippen LogP contribution in [-0.4, -0.2) is 29.6 Å². The van der Waals surface area contributed by atoms with E-state index in [2.05, 4.69) is 61.9 Å². The fraction of sp³-hybridized carbons (Fsp3) is 0.714. The zero-order valence-corrected chi connectivity index (χ0v) is 12.7. The predicted octanol–water partition coefficient (Wildman–Crippen LogP) is 3.27. The maximum atomic E-state index is 4.50. The monoisotopic (exact) mass is 250 g/mol. The van der Waals surface area contributed by atoms with Crippen molar-refractivity contribution in [1.82, 2.24) is 9.97 Å². The molecule has 0 saturated heterocycles. The average molecular weight is 250 g/mol. The van der Waals surface area contributed by atoms with Crippen LogP contribution in [-0.2, 0) is 0 Å². The lowest BCUT2D eigenvalue weighted by atomic mass is 9.97. The van der Waals surface area contributed by atoms with Crippen LogP contribution in [0.2, 0.25) is 0 Å². The van der Waals surface area contributed by atoms with E-state index in [9.17, 15) is 0 Å². The van der Waals surface area contributed by atoms with Crippen LogP contribution in [0.5, 0.6) is 0 Å². The summed E-state index contributed by atoms with van der Waals surface area (Å²) in [5.74, 6) is 2.34. The molecule has 102 valence electrons. The molecule has 0 aliphatic rings. The lowest BCUT2D eigenvalue weighted by Gasteiger charge is -2.37. The summed E-state index contributed by atoms with van der Waals surface area (Å²) in [4.78, 5) is 11.1. The molecule has 0 aromatic carbocycles. The van der Waals surface area contributed by atoms with Gasteiger partial charge in [-0.15, -0.1) is 0 Å². The van der Waals surface area contributed by atoms with E-state index in [4.69, 9.17) is 0 Å². The fourth-order valence-corrected chi connectivity index (χ4v) is 1.91. The first-order chi connectivity index (χ1) is 8.35. The largest absolute Gasteiger partial charge is 0.373 e. The van der Waals surface area contributed by atoms with Crippen LogP contribution in [0.3, 0.4) is 0 Å². The van der Waals surface area contributed by atoms with Crippen molar-refractivity contribution in [2.75, 3.05) is 24.3 Å². The number of hydrogen-bond acceptors (Lipinski definition) is 4. The van der Waals surface area contributed by atoms with Crippen LogP contribution in [0.15, 0.2) is 6.33 Å². The zero-order valence-electron chi connectivity index (χ0n) is 12.7. The lowest BCUT2D eigenvalue weighted by molar-refractivity contribution is 0.465. The summed E-state index contributed by atoms with van der Waals surface area (Å²) in [5.41, 5.74) is 1.27. The Hall–Kier alpha value is -1.32. The third kappa shape index (κ3) is 2.74. The van der Waals surface area contributed by atoms with Gasteiger partial charge in [0.25, 0.3) is 0 Å². The Labute approximate surface area is 111 Å². The van der Waals surface area contributed by atoms with Crippen LogP contribution < -0.4 is 10.2 Å². The first-order valence-electron chi connectivity index (χ1n) is 6.61. The average Bonchev–Trinajstić information content (AvgIpc) is 2.36. The lowest BCUT2D eigenvalue weighted by Crippen LogP contribution is -2.41. The zero-order chi connectivity index (χ0) is 13.9. The summed E-state index contributed by atoms with van der Waals surface area (Å²) in [6.45, 7) is 11.0. The van der Waals surface area contributed by atoms with Gasteiger partial charge in [-0.25, -0.2) is 9.97 Å². The normalized spacial score (nSPS) is 11.8. The molecule has 18 heavy (non-hydrogen) atoms. The van der Waals surface area contributed by atoms with E-state index in [1.807, 2.05) is 7.05 Å². The molecular formula is C14H26N4. The van der Waals surface area contributed by atoms with Crippen LogP contribution in [0.25, 0.3) is 0 Å². The topological polar surface area (TPSA) is 41.1 Å². The number of anilines is 2. The van der Waals surface area contributed by atoms with Gasteiger partial charge in [0.2, 0.25) is 0 Å². The molecular weight excluding hydrogens is 224 g/mol. The van der Waals surface area contributed by atoms with E-state index in [0.717, 1.165) is 18.1 Å². The van der Waals surface area contributed by atoms with Crippen molar-refractivity contribution in [3.8, 4) is 0 Å². The van der Waals surface area contributed by atoms with Crippen molar-refractivity contribution >= 4 is 11.6 Å². The van der Waals surface area contributed by atoms with Gasteiger partial charge in [0.1, 0.15) is 18.0 Å². The quantitative estimate of drug-likeness (QED) is 0.871. The minimum absolute atomic E-state index is 0.0863. The molecule has 0 atom stereocenters. The van der Waals surface area contributed by atoms with Gasteiger partial charge in [-0.1, -0.05) is 20.8 Å². The predicted molar refractivity (Wildman–Crippen MR) is 78.4 cm³/mol. The van der Waals surface area contributed by atoms with Crippen molar-refractivity contribution < 1.29 is 0 Å². The van der Waals surface area contributed by atoms with Crippen molar-refractivity contribution in [3.05, 3.63) is 11.9 Å². The highest BCUT2D eigenvalue weighted by Crippen LogP contribution is 2.33. The first kappa shape index (κ1) is 14.7. The highest BCUT2D eigenvalue weighted by molar-refractivity contribution is 5.60. The Morgan fingerprint density at radius 2 is 1.94 bits per heavy atom. The molecule has 1 rings (SSSR count). The van der Waals surface area contributed by atoms with E-state index < -0.39 is 0 Å². The molecule has 0 aliphatic heterocycles. The Morgan fingerprint density at radius 3 is 2.39 bits per heavy atom. The van der Waals surface area contributed by atoms with Crippen molar-refractivity contribution in [2.45, 2.75) is 52.5 Å². The maximum Gasteiger partial charge on any atom is 0.137 e. The Bertz CT molecular complexity index is 399. The second-order valence-corrected chi connectivity index (χ2v) is 5.59. The molecule has 0 amide bonds. The fourth-order valence-electron chi connectivity index (χ4n) is 1.91. The molecule has 0 unspecified atom stereocenters. The highest BCUT2D eigenvalue weighted by atomic mass is 15.2. The maximum absolute atomic E-state index is 4.50. The molecule has 4 heteroatoms. The summed E-state index contributed by atoms with van der Waals surface area (Å²) in [7, 11) is 4.01. The van der Waals surface area contributed by atoms with E-state index in [-0.39, 0.29) is 5.54 Å². The summed E-state index contributed by atoms with van der Waals surface area (Å²) in [6.07, 6.45) is 2.70. The van der Waals surface area contributed by atoms with Gasteiger partial charge in [-0.3, -0.25) is 0 Å². The Balaban J connectivity index is 3.32. The van der Waals surface area contributed by atoms with E-state index >= 15 is 0 Å². The van der Waals surface area contributed by atoms with Gasteiger partial charge >= 0.3 is 0 Å². The Morgan fingerprint density at radius 1 is 1.33 bits per heavy atom. The molecule has 1 N–H and O–H groups in total. The van der Waals surface area contributed by atoms with Crippen LogP contribution >= 0.6 is 0 Å². The molecule has 0 aliphatic carbocycles. The second-order valence-electron chi connectivity index (χ2n) is 5.59. The van der Waals surface area contributed by atoms with Gasteiger partial charge in [0.15, 0.2) is 0 Å². The van der Waals surface area contributed by atoms with Gasteiger partial charge in [-0.2, -0.15) is 0 Å². The SMILES string of the molecule is CCC(C)(C)N(C)c1ncnc(NC)c1C(C)C. The molecule has 4 nitrogen and oxygen atoms in total. The number of hydrogen-bond donors (Lipinski definition) is 1. The summed E-state index contributed by atoms with van der Waals surface area (Å²) >= 11 is 0. The molecule has 0 saturated carbocycles. The first-order valence-corrected chi connectivity index (χ1v) is 6.61. The Kier molecular flexibility index (Phi) is 4.54. The van der Waals surface area contributed by atoms with Crippen LogP contribution in [0.1, 0.15) is 52.5 Å². The van der Waals surface area contributed by atoms with Gasteiger partial charge in [-0.05, 0) is 26.2 Å². The molecule has 0 fully saturated rings.